The molecule has 0 aromatic heterocycles. The summed E-state index contributed by atoms with van der Waals surface area (Å²) >= 11 is 0. The Bertz CT molecular complexity index is 856. The van der Waals surface area contributed by atoms with E-state index in [2.05, 4.69) is 20.4 Å². The minimum atomic E-state index is -2.98. The van der Waals surface area contributed by atoms with Crippen molar-refractivity contribution in [3.63, 3.8) is 0 Å². The molecule has 2 aromatic rings. The average Bonchev–Trinajstić information content (AvgIpc) is 2.77. The molecule has 0 saturated carbocycles. The third-order valence-corrected chi connectivity index (χ3v) is 4.26. The van der Waals surface area contributed by atoms with E-state index >= 15 is 0 Å². The maximum Gasteiger partial charge on any atom is 0.387 e. The molecule has 32 heavy (non-hydrogen) atoms. The molecule has 1 atom stereocenters. The monoisotopic (exact) mass is 565 g/mol. The van der Waals surface area contributed by atoms with Crippen LogP contribution in [0.25, 0.3) is 0 Å². The van der Waals surface area contributed by atoms with Gasteiger partial charge in [0.05, 0.1) is 26.4 Å². The normalized spacial score (nSPS) is 12.0. The van der Waals surface area contributed by atoms with E-state index in [4.69, 9.17) is 9.47 Å². The number of aliphatic hydroxyl groups is 1. The van der Waals surface area contributed by atoms with Crippen LogP contribution in [0.4, 0.5) is 8.78 Å². The van der Waals surface area contributed by atoms with Crippen LogP contribution in [-0.4, -0.2) is 44.5 Å². The lowest BCUT2D eigenvalue weighted by Gasteiger charge is -2.17. The van der Waals surface area contributed by atoms with Crippen LogP contribution in [0, 0.1) is 0 Å². The summed E-state index contributed by atoms with van der Waals surface area (Å²) in [6.45, 7) is 1.85. The Labute approximate surface area is 204 Å². The van der Waals surface area contributed by atoms with Crippen molar-refractivity contribution in [3.05, 3.63) is 53.6 Å². The lowest BCUT2D eigenvalue weighted by molar-refractivity contribution is -0.0520. The first kappa shape index (κ1) is 27.7. The highest BCUT2D eigenvalue weighted by atomic mass is 127. The van der Waals surface area contributed by atoms with Crippen molar-refractivity contribution in [2.75, 3.05) is 26.8 Å². The minimum absolute atomic E-state index is 0. The second kappa shape index (κ2) is 14.7. The number of aliphatic hydroxyl groups excluding tert-OH is 1. The number of nitrogens with one attached hydrogen (secondary N) is 2. The van der Waals surface area contributed by atoms with E-state index in [1.165, 1.54) is 0 Å². The van der Waals surface area contributed by atoms with Crippen molar-refractivity contribution in [2.24, 2.45) is 4.99 Å². The molecule has 178 valence electrons. The van der Waals surface area contributed by atoms with Gasteiger partial charge in [0.25, 0.3) is 0 Å². The van der Waals surface area contributed by atoms with Crippen LogP contribution in [0.2, 0.25) is 0 Å². The lowest BCUT2D eigenvalue weighted by Crippen LogP contribution is -2.39. The van der Waals surface area contributed by atoms with Gasteiger partial charge in [0, 0.05) is 18.7 Å². The van der Waals surface area contributed by atoms with Crippen LogP contribution in [0.1, 0.15) is 31.1 Å². The molecule has 0 aliphatic rings. The summed E-state index contributed by atoms with van der Waals surface area (Å²) in [6.07, 6.45) is -0.794. The first-order valence-electron chi connectivity index (χ1n) is 10.0. The third-order valence-electron chi connectivity index (χ3n) is 4.26. The summed E-state index contributed by atoms with van der Waals surface area (Å²) in [4.78, 5) is 4.43. The first-order valence-corrected chi connectivity index (χ1v) is 10.0. The molecule has 7 nitrogen and oxygen atoms in total. The number of benzene rings is 2. The van der Waals surface area contributed by atoms with E-state index in [1.807, 2.05) is 6.92 Å². The Morgan fingerprint density at radius 3 is 2.53 bits per heavy atom. The fraction of sp³-hybridized carbons (Fsp3) is 0.409. The molecule has 0 radical (unpaired) electrons. The van der Waals surface area contributed by atoms with Gasteiger partial charge in [-0.25, -0.2) is 4.99 Å². The van der Waals surface area contributed by atoms with Crippen LogP contribution in [0.15, 0.2) is 47.5 Å². The van der Waals surface area contributed by atoms with Gasteiger partial charge < -0.3 is 30.0 Å². The molecule has 3 N–H and O–H groups in total. The number of hydrogen-bond donors (Lipinski definition) is 3. The van der Waals surface area contributed by atoms with Gasteiger partial charge in [-0.15, -0.1) is 24.0 Å². The standard InChI is InChI=1S/C22H29F2N3O4.HI/c1-4-25-22(27-14-18(28)15-8-6-10-17(12-15)29-3)26-13-16-9-7-11-19(30-5-2)20(16)31-21(23)24;/h6-12,18,21,28H,4-5,13-14H2,1-3H3,(H2,25,26,27);1H. The van der Waals surface area contributed by atoms with Gasteiger partial charge in [-0.1, -0.05) is 24.3 Å². The molecule has 2 rings (SSSR count). The summed E-state index contributed by atoms with van der Waals surface area (Å²) in [5, 5.41) is 16.6. The fourth-order valence-electron chi connectivity index (χ4n) is 2.84. The quantitative estimate of drug-likeness (QED) is 0.216. The molecule has 0 fully saturated rings. The van der Waals surface area contributed by atoms with E-state index in [0.717, 1.165) is 0 Å². The Balaban J connectivity index is 0.00000512. The van der Waals surface area contributed by atoms with Gasteiger partial charge in [0.1, 0.15) is 5.75 Å². The van der Waals surface area contributed by atoms with E-state index in [9.17, 15) is 13.9 Å². The van der Waals surface area contributed by atoms with Crippen molar-refractivity contribution in [1.82, 2.24) is 10.6 Å². The van der Waals surface area contributed by atoms with Crippen molar-refractivity contribution in [3.8, 4) is 17.2 Å². The van der Waals surface area contributed by atoms with Crippen LogP contribution < -0.4 is 24.8 Å². The number of aliphatic imine (C=N–C) groups is 1. The van der Waals surface area contributed by atoms with Gasteiger partial charge in [-0.2, -0.15) is 8.78 Å². The van der Waals surface area contributed by atoms with Gasteiger partial charge in [-0.3, -0.25) is 0 Å². The van der Waals surface area contributed by atoms with Crippen LogP contribution in [0.3, 0.4) is 0 Å². The highest BCUT2D eigenvalue weighted by Crippen LogP contribution is 2.33. The van der Waals surface area contributed by atoms with Crippen LogP contribution in [0.5, 0.6) is 17.2 Å². The lowest BCUT2D eigenvalue weighted by atomic mass is 10.1. The third kappa shape index (κ3) is 8.65. The molecule has 0 spiro atoms. The zero-order valence-corrected chi connectivity index (χ0v) is 20.6. The molecule has 0 aliphatic heterocycles. The Morgan fingerprint density at radius 2 is 1.88 bits per heavy atom. The second-order valence-corrected chi connectivity index (χ2v) is 6.42. The number of rotatable bonds is 11. The maximum atomic E-state index is 12.9. The molecule has 1 unspecified atom stereocenters. The number of guanidine groups is 1. The number of halogens is 3. The van der Waals surface area contributed by atoms with Crippen LogP contribution >= 0.6 is 24.0 Å². The van der Waals surface area contributed by atoms with E-state index in [-0.39, 0.29) is 48.6 Å². The van der Waals surface area contributed by atoms with Crippen molar-refractivity contribution in [1.29, 1.82) is 0 Å². The van der Waals surface area contributed by atoms with Gasteiger partial charge >= 0.3 is 6.61 Å². The number of nitrogens with zero attached hydrogens (tertiary/aromatic N) is 1. The number of para-hydroxylation sites is 1. The van der Waals surface area contributed by atoms with E-state index in [0.29, 0.717) is 36.0 Å². The molecule has 0 aliphatic carbocycles. The number of methoxy groups -OCH3 is 1. The molecular formula is C22H30F2IN3O4. The Hall–Kier alpha value is -2.34. The SMILES string of the molecule is CCNC(=NCc1cccc(OCC)c1OC(F)F)NCC(O)c1cccc(OC)c1.I. The summed E-state index contributed by atoms with van der Waals surface area (Å²) in [5.74, 6) is 1.28. The Morgan fingerprint density at radius 1 is 1.12 bits per heavy atom. The predicted molar refractivity (Wildman–Crippen MR) is 130 cm³/mol. The minimum Gasteiger partial charge on any atom is -0.497 e. The van der Waals surface area contributed by atoms with Gasteiger partial charge in [0.15, 0.2) is 17.5 Å². The largest absolute Gasteiger partial charge is 0.497 e. The smallest absolute Gasteiger partial charge is 0.387 e. The highest BCUT2D eigenvalue weighted by Gasteiger charge is 2.16. The van der Waals surface area contributed by atoms with Crippen molar-refractivity contribution >= 4 is 29.9 Å². The molecule has 0 amide bonds. The average molecular weight is 565 g/mol. The van der Waals surface area contributed by atoms with Crippen molar-refractivity contribution in [2.45, 2.75) is 33.1 Å². The molecule has 0 heterocycles. The molecule has 10 heteroatoms. The summed E-state index contributed by atoms with van der Waals surface area (Å²) in [7, 11) is 1.56. The first-order chi connectivity index (χ1) is 15.0. The summed E-state index contributed by atoms with van der Waals surface area (Å²) in [6, 6.07) is 12.1. The highest BCUT2D eigenvalue weighted by molar-refractivity contribution is 14.0. The van der Waals surface area contributed by atoms with E-state index in [1.54, 1.807) is 56.5 Å². The molecular weight excluding hydrogens is 535 g/mol. The van der Waals surface area contributed by atoms with Crippen LogP contribution in [-0.2, 0) is 6.54 Å². The molecule has 0 bridgehead atoms. The Kier molecular flexibility index (Phi) is 12.7. The molecule has 0 saturated heterocycles. The van der Waals surface area contributed by atoms with Crippen molar-refractivity contribution < 1.29 is 28.1 Å². The summed E-state index contributed by atoms with van der Waals surface area (Å²) < 4.78 is 41.0. The number of ether oxygens (including phenoxy) is 3. The fourth-order valence-corrected chi connectivity index (χ4v) is 2.84. The number of hydrogen-bond acceptors (Lipinski definition) is 5. The predicted octanol–water partition coefficient (Wildman–Crippen LogP) is 4.10. The van der Waals surface area contributed by atoms with Gasteiger partial charge in [-0.05, 0) is 37.6 Å². The molecule has 2 aromatic carbocycles. The number of alkyl halides is 2. The van der Waals surface area contributed by atoms with Gasteiger partial charge in [0.2, 0.25) is 0 Å². The maximum absolute atomic E-state index is 12.9. The zero-order chi connectivity index (χ0) is 22.6. The topological polar surface area (TPSA) is 84.3 Å². The second-order valence-electron chi connectivity index (χ2n) is 6.42. The zero-order valence-electron chi connectivity index (χ0n) is 18.3. The summed E-state index contributed by atoms with van der Waals surface area (Å²) in [5.41, 5.74) is 1.15. The van der Waals surface area contributed by atoms with E-state index < -0.39 is 12.7 Å².